The van der Waals surface area contributed by atoms with E-state index >= 15 is 0 Å². The second-order valence-corrected chi connectivity index (χ2v) is 7.81. The molecule has 31 heavy (non-hydrogen) atoms. The molecule has 1 heterocycles. The molecule has 5 heteroatoms. The molecule has 2 amide bonds. The maximum atomic E-state index is 13.2. The highest BCUT2D eigenvalue weighted by atomic mass is 16.5. The molecule has 0 unspecified atom stereocenters. The normalized spacial score (nSPS) is 15.8. The van der Waals surface area contributed by atoms with Gasteiger partial charge < -0.3 is 15.0 Å². The maximum absolute atomic E-state index is 13.2. The topological polar surface area (TPSA) is 58.6 Å². The molecule has 1 N–H and O–H groups in total. The predicted molar refractivity (Wildman–Crippen MR) is 121 cm³/mol. The summed E-state index contributed by atoms with van der Waals surface area (Å²) in [5, 5.41) is 2.92. The van der Waals surface area contributed by atoms with Crippen LogP contribution in [0.2, 0.25) is 0 Å². The van der Waals surface area contributed by atoms with E-state index in [0.29, 0.717) is 17.9 Å². The van der Waals surface area contributed by atoms with Gasteiger partial charge in [-0.05, 0) is 49.6 Å². The Morgan fingerprint density at radius 3 is 2.48 bits per heavy atom. The van der Waals surface area contributed by atoms with Crippen molar-refractivity contribution in [3.63, 3.8) is 0 Å². The minimum Gasteiger partial charge on any atom is -0.480 e. The summed E-state index contributed by atoms with van der Waals surface area (Å²) in [5.41, 5.74) is 3.52. The lowest BCUT2D eigenvalue weighted by Gasteiger charge is -2.26. The molecule has 3 aromatic rings. The minimum absolute atomic E-state index is 0.0698. The lowest BCUT2D eigenvalue weighted by atomic mass is 10.1. The highest BCUT2D eigenvalue weighted by Crippen LogP contribution is 2.33. The number of carbonyl (C=O) groups excluding carboxylic acids is 2. The summed E-state index contributed by atoms with van der Waals surface area (Å²) in [6, 6.07) is 24.8. The number of nitrogens with zero attached hydrogens (tertiary/aromatic N) is 1. The molecule has 5 nitrogen and oxygen atoms in total. The van der Waals surface area contributed by atoms with Crippen LogP contribution in [0.3, 0.4) is 0 Å². The predicted octanol–water partition coefficient (Wildman–Crippen LogP) is 4.36. The molecule has 0 aromatic heterocycles. The van der Waals surface area contributed by atoms with Gasteiger partial charge in [0, 0.05) is 18.3 Å². The van der Waals surface area contributed by atoms with Crippen molar-refractivity contribution in [2.45, 2.75) is 39.0 Å². The zero-order valence-corrected chi connectivity index (χ0v) is 17.7. The Bertz CT molecular complexity index is 1080. The molecule has 0 saturated carbocycles. The van der Waals surface area contributed by atoms with E-state index in [0.717, 1.165) is 23.2 Å². The smallest absolute Gasteiger partial charge is 0.268 e. The molecule has 3 aromatic carbocycles. The summed E-state index contributed by atoms with van der Waals surface area (Å²) in [6.07, 6.45) is 0.101. The van der Waals surface area contributed by atoms with Crippen molar-refractivity contribution in [1.82, 2.24) is 5.32 Å². The van der Waals surface area contributed by atoms with Crippen LogP contribution >= 0.6 is 0 Å². The van der Waals surface area contributed by atoms with Crippen molar-refractivity contribution >= 4 is 17.5 Å². The van der Waals surface area contributed by atoms with E-state index in [9.17, 15) is 9.59 Å². The van der Waals surface area contributed by atoms with Crippen LogP contribution in [0.1, 0.15) is 35.3 Å². The van der Waals surface area contributed by atoms with E-state index in [1.807, 2.05) is 55.5 Å². The summed E-state index contributed by atoms with van der Waals surface area (Å²) in [7, 11) is 0. The van der Waals surface area contributed by atoms with Crippen LogP contribution in [-0.2, 0) is 17.8 Å². The summed E-state index contributed by atoms with van der Waals surface area (Å²) in [6.45, 7) is 4.19. The van der Waals surface area contributed by atoms with Crippen LogP contribution in [0.5, 0.6) is 5.75 Å². The Hall–Kier alpha value is -3.60. The first-order chi connectivity index (χ1) is 15.0. The summed E-state index contributed by atoms with van der Waals surface area (Å²) < 4.78 is 6.00. The number of anilines is 1. The van der Waals surface area contributed by atoms with Gasteiger partial charge in [-0.3, -0.25) is 9.59 Å². The lowest BCUT2D eigenvalue weighted by Crippen LogP contribution is -2.43. The van der Waals surface area contributed by atoms with Crippen molar-refractivity contribution in [2.24, 2.45) is 0 Å². The number of ether oxygens (including phenoxy) is 1. The van der Waals surface area contributed by atoms with E-state index in [4.69, 9.17) is 4.74 Å². The molecule has 4 rings (SSSR count). The number of para-hydroxylation sites is 2. The van der Waals surface area contributed by atoms with Crippen molar-refractivity contribution < 1.29 is 14.3 Å². The van der Waals surface area contributed by atoms with Crippen molar-refractivity contribution in [3.8, 4) is 5.75 Å². The average Bonchev–Trinajstić information content (AvgIpc) is 3.13. The number of carbonyl (C=O) groups is 2. The maximum Gasteiger partial charge on any atom is 0.268 e. The number of fused-ring (bicyclic) bond motifs is 1. The molecular weight excluding hydrogens is 388 g/mol. The fourth-order valence-electron chi connectivity index (χ4n) is 3.97. The second kappa shape index (κ2) is 9.04. The van der Waals surface area contributed by atoms with Crippen LogP contribution in [0.4, 0.5) is 5.69 Å². The van der Waals surface area contributed by atoms with E-state index in [-0.39, 0.29) is 17.9 Å². The van der Waals surface area contributed by atoms with Crippen LogP contribution in [0, 0.1) is 0 Å². The van der Waals surface area contributed by atoms with Crippen LogP contribution in [0.25, 0.3) is 0 Å². The van der Waals surface area contributed by atoms with Crippen LogP contribution < -0.4 is 15.0 Å². The number of hydrogen-bond acceptors (Lipinski definition) is 3. The average molecular weight is 415 g/mol. The van der Waals surface area contributed by atoms with Gasteiger partial charge in [0.05, 0.1) is 5.56 Å². The third kappa shape index (κ3) is 4.45. The summed E-state index contributed by atoms with van der Waals surface area (Å²) in [4.78, 5) is 27.8. The highest BCUT2D eigenvalue weighted by Gasteiger charge is 2.34. The molecule has 1 aliphatic heterocycles. The molecule has 0 saturated heterocycles. The Labute approximate surface area is 182 Å². The largest absolute Gasteiger partial charge is 0.480 e. The minimum atomic E-state index is -0.725. The van der Waals surface area contributed by atoms with Gasteiger partial charge in [-0.1, -0.05) is 60.7 Å². The number of amides is 2. The van der Waals surface area contributed by atoms with Crippen molar-refractivity contribution in [1.29, 1.82) is 0 Å². The molecule has 0 spiro atoms. The Kier molecular flexibility index (Phi) is 6.03. The van der Waals surface area contributed by atoms with Crippen LogP contribution in [-0.4, -0.2) is 24.0 Å². The van der Waals surface area contributed by atoms with Crippen LogP contribution in [0.15, 0.2) is 78.9 Å². The van der Waals surface area contributed by atoms with E-state index < -0.39 is 6.10 Å². The van der Waals surface area contributed by atoms with E-state index in [1.165, 1.54) is 0 Å². The molecule has 0 bridgehead atoms. The SMILES string of the molecule is C[C@H](Oc1ccccc1C(=O)NCc1ccccc1)C(=O)N1c2ccccc2C[C@@H]1C. The van der Waals surface area contributed by atoms with Crippen molar-refractivity contribution in [3.05, 3.63) is 95.6 Å². The summed E-state index contributed by atoms with van der Waals surface area (Å²) >= 11 is 0. The van der Waals surface area contributed by atoms with Gasteiger partial charge in [-0.2, -0.15) is 0 Å². The van der Waals surface area contributed by atoms with E-state index in [2.05, 4.69) is 11.4 Å². The molecule has 0 fully saturated rings. The van der Waals surface area contributed by atoms with Gasteiger partial charge in [0.2, 0.25) is 0 Å². The van der Waals surface area contributed by atoms with Gasteiger partial charge in [-0.15, -0.1) is 0 Å². The first-order valence-electron chi connectivity index (χ1n) is 10.5. The number of nitrogens with one attached hydrogen (secondary N) is 1. The molecule has 158 valence electrons. The fourth-order valence-corrected chi connectivity index (χ4v) is 3.97. The standard InChI is InChI=1S/C26H26N2O3/c1-18-16-21-12-6-8-14-23(21)28(18)26(30)19(2)31-24-15-9-7-13-22(24)25(29)27-17-20-10-4-3-5-11-20/h3-15,18-19H,16-17H2,1-2H3,(H,27,29)/t18-,19-/m0/s1. The third-order valence-corrected chi connectivity index (χ3v) is 5.52. The van der Waals surface area contributed by atoms with E-state index in [1.54, 1.807) is 36.1 Å². The molecule has 0 radical (unpaired) electrons. The fraction of sp³-hybridized carbons (Fsp3) is 0.231. The molecule has 0 aliphatic carbocycles. The third-order valence-electron chi connectivity index (χ3n) is 5.52. The highest BCUT2D eigenvalue weighted by molar-refractivity contribution is 6.00. The number of hydrogen-bond donors (Lipinski definition) is 1. The zero-order valence-electron chi connectivity index (χ0n) is 17.7. The molecule has 1 aliphatic rings. The lowest BCUT2D eigenvalue weighted by molar-refractivity contribution is -0.124. The van der Waals surface area contributed by atoms with Gasteiger partial charge in [-0.25, -0.2) is 0 Å². The second-order valence-electron chi connectivity index (χ2n) is 7.81. The van der Waals surface area contributed by atoms with Crippen molar-refractivity contribution in [2.75, 3.05) is 4.90 Å². The first-order valence-corrected chi connectivity index (χ1v) is 10.5. The summed E-state index contributed by atoms with van der Waals surface area (Å²) in [5.74, 6) is 0.0463. The Morgan fingerprint density at radius 1 is 1.00 bits per heavy atom. The molecule has 2 atom stereocenters. The van der Waals surface area contributed by atoms with Gasteiger partial charge >= 0.3 is 0 Å². The Morgan fingerprint density at radius 2 is 1.68 bits per heavy atom. The monoisotopic (exact) mass is 414 g/mol. The Balaban J connectivity index is 1.47. The van der Waals surface area contributed by atoms with Gasteiger partial charge in [0.15, 0.2) is 6.10 Å². The number of rotatable bonds is 6. The quantitative estimate of drug-likeness (QED) is 0.652. The van der Waals surface area contributed by atoms with Gasteiger partial charge in [0.1, 0.15) is 5.75 Å². The zero-order chi connectivity index (χ0) is 21.8. The van der Waals surface area contributed by atoms with Gasteiger partial charge in [0.25, 0.3) is 11.8 Å². The number of benzene rings is 3. The first kappa shape index (κ1) is 20.7. The molecular formula is C26H26N2O3.